The predicted molar refractivity (Wildman–Crippen MR) is 113 cm³/mol. The number of rotatable bonds is 8. The van der Waals surface area contributed by atoms with Crippen LogP contribution in [0.3, 0.4) is 0 Å². The second-order valence-electron chi connectivity index (χ2n) is 6.81. The monoisotopic (exact) mass is 492 g/mol. The fourth-order valence-electron chi connectivity index (χ4n) is 3.03. The lowest BCUT2D eigenvalue weighted by Crippen LogP contribution is -2.45. The summed E-state index contributed by atoms with van der Waals surface area (Å²) in [5.74, 6) is -3.07. The molecule has 0 radical (unpaired) electrons. The number of amides is 1. The summed E-state index contributed by atoms with van der Waals surface area (Å²) in [6.45, 7) is -0.342. The Kier molecular flexibility index (Phi) is 8.97. The van der Waals surface area contributed by atoms with Crippen LogP contribution in [0.25, 0.3) is 0 Å². The smallest absolute Gasteiger partial charge is 0.277 e. The minimum atomic E-state index is -3.15. The van der Waals surface area contributed by atoms with Gasteiger partial charge in [0.1, 0.15) is 30.6 Å². The van der Waals surface area contributed by atoms with Crippen molar-refractivity contribution in [3.05, 3.63) is 53.4 Å². The Bertz CT molecular complexity index is 1030. The number of anilines is 1. The number of aliphatic imine (C=N–C) groups is 1. The van der Waals surface area contributed by atoms with Crippen molar-refractivity contribution in [3.8, 4) is 5.75 Å². The molecule has 33 heavy (non-hydrogen) atoms. The summed E-state index contributed by atoms with van der Waals surface area (Å²) < 4.78 is 71.7. The zero-order valence-electron chi connectivity index (χ0n) is 17.3. The van der Waals surface area contributed by atoms with Gasteiger partial charge in [0.2, 0.25) is 0 Å². The van der Waals surface area contributed by atoms with Crippen molar-refractivity contribution >= 4 is 29.8 Å². The van der Waals surface area contributed by atoms with Crippen molar-refractivity contribution in [2.45, 2.75) is 12.0 Å². The fraction of sp³-hybridized carbons (Fsp3) is 0.350. The van der Waals surface area contributed by atoms with Crippen LogP contribution in [0.4, 0.5) is 23.2 Å². The van der Waals surface area contributed by atoms with Gasteiger partial charge in [0.05, 0.1) is 19.4 Å². The van der Waals surface area contributed by atoms with Crippen LogP contribution in [0, 0.1) is 11.6 Å². The molecule has 1 aromatic heterocycles. The number of methoxy groups -OCH3 is 1. The molecule has 8 nitrogen and oxygen atoms in total. The maximum absolute atomic E-state index is 14.5. The van der Waals surface area contributed by atoms with Crippen LogP contribution in [0.1, 0.15) is 16.1 Å². The van der Waals surface area contributed by atoms with Gasteiger partial charge in [-0.2, -0.15) is 0 Å². The number of ether oxygens (including phenoxy) is 3. The van der Waals surface area contributed by atoms with Crippen LogP contribution >= 0.6 is 12.4 Å². The number of carbonyl (C=O) groups is 1. The summed E-state index contributed by atoms with van der Waals surface area (Å²) in [6, 6.07) is 3.96. The molecular weight excluding hydrogens is 472 g/mol. The SMILES string of the molecule is COCCOc1cnc(C(=O)Nc2ccc(F)c([C@]3(C(F)F)COCC(N)=N3)c2)c(F)c1.Cl. The van der Waals surface area contributed by atoms with E-state index in [1.807, 2.05) is 0 Å². The lowest BCUT2D eigenvalue weighted by atomic mass is 9.90. The summed E-state index contributed by atoms with van der Waals surface area (Å²) in [4.78, 5) is 19.9. The Hall–Kier alpha value is -2.96. The van der Waals surface area contributed by atoms with E-state index in [1.165, 1.54) is 7.11 Å². The molecule has 0 unspecified atom stereocenters. The normalized spacial score (nSPS) is 17.8. The number of nitrogens with one attached hydrogen (secondary N) is 1. The van der Waals surface area contributed by atoms with Gasteiger partial charge in [-0.1, -0.05) is 0 Å². The summed E-state index contributed by atoms with van der Waals surface area (Å²) in [5, 5.41) is 2.31. The van der Waals surface area contributed by atoms with Gasteiger partial charge in [-0.3, -0.25) is 9.79 Å². The lowest BCUT2D eigenvalue weighted by molar-refractivity contribution is -0.0145. The minimum Gasteiger partial charge on any atom is -0.489 e. The van der Waals surface area contributed by atoms with E-state index in [0.29, 0.717) is 0 Å². The van der Waals surface area contributed by atoms with E-state index in [0.717, 1.165) is 30.5 Å². The Morgan fingerprint density at radius 3 is 2.67 bits per heavy atom. The third kappa shape index (κ3) is 5.89. The molecule has 1 atom stereocenters. The largest absolute Gasteiger partial charge is 0.489 e. The first-order chi connectivity index (χ1) is 15.3. The second-order valence-corrected chi connectivity index (χ2v) is 6.81. The van der Waals surface area contributed by atoms with Gasteiger partial charge in [-0.05, 0) is 18.2 Å². The lowest BCUT2D eigenvalue weighted by Gasteiger charge is -2.33. The molecule has 3 N–H and O–H groups in total. The molecule has 0 bridgehead atoms. The van der Waals surface area contributed by atoms with Gasteiger partial charge in [0, 0.05) is 24.4 Å². The third-order valence-corrected chi connectivity index (χ3v) is 4.55. The number of alkyl halides is 2. The summed E-state index contributed by atoms with van der Waals surface area (Å²) in [7, 11) is 1.47. The van der Waals surface area contributed by atoms with E-state index in [-0.39, 0.29) is 49.5 Å². The van der Waals surface area contributed by atoms with E-state index in [9.17, 15) is 22.4 Å². The average Bonchev–Trinajstić information content (AvgIpc) is 2.75. The molecule has 0 spiro atoms. The molecule has 1 aliphatic rings. The second kappa shape index (κ2) is 11.3. The number of nitrogens with zero attached hydrogens (tertiary/aromatic N) is 2. The summed E-state index contributed by atoms with van der Waals surface area (Å²) in [5.41, 5.74) is 1.98. The molecule has 2 aromatic rings. The molecule has 0 saturated carbocycles. The number of nitrogens with two attached hydrogens (primary N) is 1. The van der Waals surface area contributed by atoms with E-state index < -0.39 is 47.4 Å². The van der Waals surface area contributed by atoms with Gasteiger partial charge in [-0.25, -0.2) is 22.5 Å². The number of hydrogen-bond acceptors (Lipinski definition) is 7. The first-order valence-electron chi connectivity index (χ1n) is 9.35. The predicted octanol–water partition coefficient (Wildman–Crippen LogP) is 2.91. The number of halogens is 5. The van der Waals surface area contributed by atoms with Crippen LogP contribution < -0.4 is 15.8 Å². The van der Waals surface area contributed by atoms with Crippen molar-refractivity contribution in [1.82, 2.24) is 4.98 Å². The van der Waals surface area contributed by atoms with Crippen LogP contribution in [-0.2, 0) is 15.0 Å². The Morgan fingerprint density at radius 1 is 1.27 bits per heavy atom. The molecule has 3 rings (SSSR count). The Labute approximate surface area is 192 Å². The molecule has 13 heteroatoms. The van der Waals surface area contributed by atoms with Crippen LogP contribution in [0.15, 0.2) is 35.5 Å². The van der Waals surface area contributed by atoms with Crippen molar-refractivity contribution < 1.29 is 36.6 Å². The average molecular weight is 493 g/mol. The van der Waals surface area contributed by atoms with Crippen LogP contribution in [0.2, 0.25) is 0 Å². The van der Waals surface area contributed by atoms with Crippen LogP contribution in [0.5, 0.6) is 5.75 Å². The molecule has 0 fully saturated rings. The third-order valence-electron chi connectivity index (χ3n) is 4.55. The van der Waals surface area contributed by atoms with E-state index in [2.05, 4.69) is 15.3 Å². The van der Waals surface area contributed by atoms with E-state index >= 15 is 0 Å². The molecule has 1 aliphatic heterocycles. The quantitative estimate of drug-likeness (QED) is 0.433. The molecule has 1 aromatic carbocycles. The standard InChI is InChI=1S/C20H20F4N4O4.ClH/c1-30-4-5-32-12-7-15(22)17(26-8-12)18(29)27-11-2-3-14(21)13(6-11)20(19(23)24)10-31-9-16(25)28-20;/h2-3,6-8,19H,4-5,9-10H2,1H3,(H2,25,28)(H,27,29);1H/t20-;/m0./s1. The fourth-order valence-corrected chi connectivity index (χ4v) is 3.03. The maximum atomic E-state index is 14.5. The number of carbonyl (C=O) groups excluding carboxylic acids is 1. The van der Waals surface area contributed by atoms with Crippen LogP contribution in [-0.4, -0.2) is 56.7 Å². The van der Waals surface area contributed by atoms with Gasteiger partial charge < -0.3 is 25.3 Å². The Morgan fingerprint density at radius 2 is 2.03 bits per heavy atom. The van der Waals surface area contributed by atoms with Gasteiger partial charge in [0.15, 0.2) is 17.1 Å². The zero-order valence-corrected chi connectivity index (χ0v) is 18.1. The van der Waals surface area contributed by atoms with Gasteiger partial charge in [0.25, 0.3) is 12.3 Å². The van der Waals surface area contributed by atoms with Crippen molar-refractivity contribution in [3.63, 3.8) is 0 Å². The minimum absolute atomic E-state index is 0. The van der Waals surface area contributed by atoms with Crippen molar-refractivity contribution in [2.24, 2.45) is 10.7 Å². The highest BCUT2D eigenvalue weighted by molar-refractivity contribution is 6.03. The molecular formula is C20H21ClF4N4O4. The first-order valence-corrected chi connectivity index (χ1v) is 9.35. The highest BCUT2D eigenvalue weighted by Crippen LogP contribution is 2.38. The summed E-state index contributed by atoms with van der Waals surface area (Å²) >= 11 is 0. The molecule has 0 aliphatic carbocycles. The highest BCUT2D eigenvalue weighted by Gasteiger charge is 2.46. The number of amidine groups is 1. The Balaban J connectivity index is 0.00000385. The highest BCUT2D eigenvalue weighted by atomic mass is 35.5. The maximum Gasteiger partial charge on any atom is 0.277 e. The van der Waals surface area contributed by atoms with Gasteiger partial charge in [-0.15, -0.1) is 12.4 Å². The summed E-state index contributed by atoms with van der Waals surface area (Å²) in [6.07, 6.45) is -2.00. The number of pyridine rings is 1. The number of aromatic nitrogens is 1. The first kappa shape index (κ1) is 26.3. The molecule has 2 heterocycles. The van der Waals surface area contributed by atoms with Gasteiger partial charge >= 0.3 is 0 Å². The zero-order chi connectivity index (χ0) is 23.3. The van der Waals surface area contributed by atoms with Crippen molar-refractivity contribution in [2.75, 3.05) is 38.9 Å². The number of hydrogen-bond donors (Lipinski definition) is 2. The molecule has 0 saturated heterocycles. The molecule has 180 valence electrons. The number of benzene rings is 1. The van der Waals surface area contributed by atoms with E-state index in [1.54, 1.807) is 0 Å². The topological polar surface area (TPSA) is 108 Å². The van der Waals surface area contributed by atoms with E-state index in [4.69, 9.17) is 19.9 Å². The van der Waals surface area contributed by atoms with Crippen molar-refractivity contribution in [1.29, 1.82) is 0 Å². The molecule has 1 amide bonds.